The first kappa shape index (κ1) is 23.0. The molecule has 0 atom stereocenters. The van der Waals surface area contributed by atoms with Gasteiger partial charge in [0.1, 0.15) is 18.2 Å². The number of hydrogen-bond acceptors (Lipinski definition) is 6. The summed E-state index contributed by atoms with van der Waals surface area (Å²) in [5, 5.41) is 37.7. The van der Waals surface area contributed by atoms with Crippen LogP contribution < -0.4 is 4.90 Å². The normalized spacial score (nSPS) is 13.1. The van der Waals surface area contributed by atoms with Gasteiger partial charge in [0.05, 0.1) is 30.0 Å². The van der Waals surface area contributed by atoms with Gasteiger partial charge in [-0.15, -0.1) is 0 Å². The molecule has 1 aliphatic heterocycles. The van der Waals surface area contributed by atoms with Crippen LogP contribution in [0, 0.1) is 34.0 Å². The summed E-state index contributed by atoms with van der Waals surface area (Å²) in [4.78, 5) is 16.5. The lowest BCUT2D eigenvalue weighted by Gasteiger charge is -2.19. The maximum Gasteiger partial charge on any atom is 0.260 e. The maximum atomic E-state index is 13.2. The number of hydrogen-bond donors (Lipinski definition) is 1. The minimum atomic E-state index is -0.441. The zero-order valence-electron chi connectivity index (χ0n) is 18.1. The number of nitriles is 3. The number of anilines is 1. The summed E-state index contributed by atoms with van der Waals surface area (Å²) in [5.74, 6) is -0.441. The Bertz CT molecular complexity index is 1240. The maximum absolute atomic E-state index is 13.2. The fourth-order valence-electron chi connectivity index (χ4n) is 3.49. The van der Waals surface area contributed by atoms with Crippen LogP contribution in [0.2, 0.25) is 0 Å². The summed E-state index contributed by atoms with van der Waals surface area (Å²) in [7, 11) is 1.87. The number of aliphatic hydroxyl groups is 1. The summed E-state index contributed by atoms with van der Waals surface area (Å²) in [6.07, 6.45) is 3.26. The van der Waals surface area contributed by atoms with Crippen molar-refractivity contribution in [2.24, 2.45) is 0 Å². The molecule has 1 amide bonds. The third-order valence-corrected chi connectivity index (χ3v) is 5.22. The van der Waals surface area contributed by atoms with Crippen LogP contribution in [0.3, 0.4) is 0 Å². The number of carbonyl (C=O) groups excluding carboxylic acids is 1. The number of aliphatic hydroxyl groups excluding tert-OH is 1. The SMILES string of the molecule is CN(CCO)c1ccc(/C=C/C2=C(C#N)C(=C(C#N)C#N)N(Cc3ccccc3)C2=O)cc1. The van der Waals surface area contributed by atoms with Gasteiger partial charge in [-0.1, -0.05) is 48.5 Å². The van der Waals surface area contributed by atoms with Crippen LogP contribution in [0.1, 0.15) is 11.1 Å². The van der Waals surface area contributed by atoms with Crippen LogP contribution in [-0.4, -0.2) is 36.1 Å². The van der Waals surface area contributed by atoms with Crippen molar-refractivity contribution in [1.82, 2.24) is 4.90 Å². The van der Waals surface area contributed by atoms with Crippen LogP contribution in [0.4, 0.5) is 5.69 Å². The first-order valence-electron chi connectivity index (χ1n) is 10.2. The van der Waals surface area contributed by atoms with E-state index in [2.05, 4.69) is 0 Å². The van der Waals surface area contributed by atoms with E-state index < -0.39 is 5.91 Å². The summed E-state index contributed by atoms with van der Waals surface area (Å²) in [6.45, 7) is 0.693. The quantitative estimate of drug-likeness (QED) is 0.667. The zero-order chi connectivity index (χ0) is 23.8. The van der Waals surface area contributed by atoms with Crippen molar-refractivity contribution in [3.63, 3.8) is 0 Å². The monoisotopic (exact) mass is 435 g/mol. The van der Waals surface area contributed by atoms with Gasteiger partial charge >= 0.3 is 0 Å². The lowest BCUT2D eigenvalue weighted by molar-refractivity contribution is -0.124. The molecule has 0 aliphatic carbocycles. The molecule has 0 unspecified atom stereocenters. The fraction of sp³-hybridized carbons (Fsp3) is 0.154. The average Bonchev–Trinajstić information content (AvgIpc) is 3.10. The fourth-order valence-corrected chi connectivity index (χ4v) is 3.49. The Hall–Kier alpha value is -4.64. The smallest absolute Gasteiger partial charge is 0.260 e. The van der Waals surface area contributed by atoms with E-state index in [0.29, 0.717) is 6.54 Å². The number of carbonyl (C=O) groups is 1. The molecule has 0 bridgehead atoms. The van der Waals surface area contributed by atoms with Crippen LogP contribution >= 0.6 is 0 Å². The van der Waals surface area contributed by atoms with Gasteiger partial charge in [0, 0.05) is 19.3 Å². The Morgan fingerprint density at radius 3 is 2.27 bits per heavy atom. The molecule has 0 saturated carbocycles. The van der Waals surface area contributed by atoms with Gasteiger partial charge in [-0.05, 0) is 29.3 Å². The summed E-state index contributed by atoms with van der Waals surface area (Å²) in [5.41, 5.74) is 2.44. The molecule has 1 heterocycles. The second-order valence-electron chi connectivity index (χ2n) is 7.29. The second-order valence-corrected chi connectivity index (χ2v) is 7.29. The van der Waals surface area contributed by atoms with E-state index in [0.717, 1.165) is 16.8 Å². The number of nitrogens with zero attached hydrogens (tertiary/aromatic N) is 5. The molecule has 1 N–H and O–H groups in total. The molecule has 0 spiro atoms. The van der Waals surface area contributed by atoms with Gasteiger partial charge in [0.2, 0.25) is 0 Å². The lowest BCUT2D eigenvalue weighted by atomic mass is 10.1. The van der Waals surface area contributed by atoms with E-state index in [1.54, 1.807) is 12.2 Å². The van der Waals surface area contributed by atoms with Crippen LogP contribution in [0.15, 0.2) is 83.1 Å². The molecular weight excluding hydrogens is 414 g/mol. The van der Waals surface area contributed by atoms with Crippen LogP contribution in [0.25, 0.3) is 6.08 Å². The Kier molecular flexibility index (Phi) is 7.39. The summed E-state index contributed by atoms with van der Waals surface area (Å²) in [6, 6.07) is 22.3. The summed E-state index contributed by atoms with van der Waals surface area (Å²) >= 11 is 0. The van der Waals surface area contributed by atoms with E-state index in [1.165, 1.54) is 4.90 Å². The van der Waals surface area contributed by atoms with E-state index in [9.17, 15) is 20.6 Å². The average molecular weight is 435 g/mol. The van der Waals surface area contributed by atoms with Gasteiger partial charge in [-0.3, -0.25) is 4.79 Å². The minimum absolute atomic E-state index is 0.00424. The predicted molar refractivity (Wildman–Crippen MR) is 124 cm³/mol. The highest BCUT2D eigenvalue weighted by atomic mass is 16.3. The molecule has 0 saturated heterocycles. The van der Waals surface area contributed by atoms with E-state index in [-0.39, 0.29) is 35.6 Å². The highest BCUT2D eigenvalue weighted by Crippen LogP contribution is 2.34. The molecule has 1 aliphatic rings. The Morgan fingerprint density at radius 1 is 1.03 bits per heavy atom. The molecule has 0 aromatic heterocycles. The van der Waals surface area contributed by atoms with Crippen molar-refractivity contribution < 1.29 is 9.90 Å². The highest BCUT2D eigenvalue weighted by Gasteiger charge is 2.36. The number of benzene rings is 2. The van der Waals surface area contributed by atoms with Crippen molar-refractivity contribution in [2.45, 2.75) is 6.54 Å². The van der Waals surface area contributed by atoms with Gasteiger partial charge < -0.3 is 14.9 Å². The molecule has 33 heavy (non-hydrogen) atoms. The van der Waals surface area contributed by atoms with Gasteiger partial charge in [0.15, 0.2) is 5.57 Å². The molecular formula is C26H21N5O2. The largest absolute Gasteiger partial charge is 0.395 e. The molecule has 7 heteroatoms. The summed E-state index contributed by atoms with van der Waals surface area (Å²) < 4.78 is 0. The topological polar surface area (TPSA) is 115 Å². The van der Waals surface area contributed by atoms with Crippen molar-refractivity contribution >= 4 is 17.7 Å². The third-order valence-electron chi connectivity index (χ3n) is 5.22. The lowest BCUT2D eigenvalue weighted by Crippen LogP contribution is -2.26. The van der Waals surface area contributed by atoms with Gasteiger partial charge in [-0.2, -0.15) is 15.8 Å². The Labute approximate surface area is 192 Å². The molecule has 0 radical (unpaired) electrons. The van der Waals surface area contributed by atoms with Crippen LogP contribution in [-0.2, 0) is 11.3 Å². The van der Waals surface area contributed by atoms with E-state index >= 15 is 0 Å². The van der Waals surface area contributed by atoms with Gasteiger partial charge in [0.25, 0.3) is 5.91 Å². The second kappa shape index (κ2) is 10.6. The first-order valence-corrected chi connectivity index (χ1v) is 10.2. The molecule has 3 rings (SSSR count). The van der Waals surface area contributed by atoms with Crippen molar-refractivity contribution in [2.75, 3.05) is 25.1 Å². The molecule has 162 valence electrons. The number of amides is 1. The molecule has 0 fully saturated rings. The highest BCUT2D eigenvalue weighted by molar-refractivity contribution is 6.05. The predicted octanol–water partition coefficient (Wildman–Crippen LogP) is 3.29. The molecule has 7 nitrogen and oxygen atoms in total. The first-order chi connectivity index (χ1) is 16.0. The minimum Gasteiger partial charge on any atom is -0.395 e. The van der Waals surface area contributed by atoms with Gasteiger partial charge in [-0.25, -0.2) is 0 Å². The number of rotatable bonds is 7. The Balaban J connectivity index is 1.98. The van der Waals surface area contributed by atoms with E-state index in [1.807, 2.05) is 84.8 Å². The molecule has 2 aromatic carbocycles. The van der Waals surface area contributed by atoms with Crippen LogP contribution in [0.5, 0.6) is 0 Å². The number of likely N-dealkylation sites (N-methyl/N-ethyl adjacent to an activating group) is 1. The molecule has 2 aromatic rings. The van der Waals surface area contributed by atoms with Crippen molar-refractivity contribution in [1.29, 1.82) is 15.8 Å². The zero-order valence-corrected chi connectivity index (χ0v) is 18.1. The Morgan fingerprint density at radius 2 is 1.70 bits per heavy atom. The van der Waals surface area contributed by atoms with Crippen molar-refractivity contribution in [3.05, 3.63) is 94.2 Å². The number of allylic oxidation sites excluding steroid dienone is 2. The third kappa shape index (κ3) is 4.99. The van der Waals surface area contributed by atoms with Crippen molar-refractivity contribution in [3.8, 4) is 18.2 Å². The standard InChI is InChI=1S/C26H21N5O2/c1-30(13-14-32)22-10-7-19(8-11-22)9-12-23-24(17-29)25(21(15-27)16-28)31(26(23)33)18-20-5-3-2-4-6-20/h2-12,32H,13-14,18H2,1H3/b12-9+. The van der Waals surface area contributed by atoms with E-state index in [4.69, 9.17) is 5.11 Å².